The Kier molecular flexibility index (Phi) is 4.71. The highest BCUT2D eigenvalue weighted by Crippen LogP contribution is 2.10. The van der Waals surface area contributed by atoms with Gasteiger partial charge < -0.3 is 10.6 Å². The van der Waals surface area contributed by atoms with Crippen molar-refractivity contribution in [2.45, 2.75) is 19.9 Å². The molecule has 2 amide bonds. The monoisotopic (exact) mass is 272 g/mol. The number of carbonyl (C=O) groups is 1. The van der Waals surface area contributed by atoms with Crippen LogP contribution in [0.3, 0.4) is 0 Å². The number of anilines is 1. The van der Waals surface area contributed by atoms with E-state index in [1.165, 1.54) is 11.6 Å². The van der Waals surface area contributed by atoms with Gasteiger partial charge in [-0.2, -0.15) is 0 Å². The second-order valence-electron chi connectivity index (χ2n) is 4.45. The van der Waals surface area contributed by atoms with Crippen molar-refractivity contribution in [3.63, 3.8) is 0 Å². The van der Waals surface area contributed by atoms with Crippen LogP contribution in [0.2, 0.25) is 0 Å². The fraction of sp³-hybridized carbons (Fsp3) is 0.188. The Bertz CT molecular complexity index is 581. The summed E-state index contributed by atoms with van der Waals surface area (Å²) < 4.78 is 13.4. The lowest BCUT2D eigenvalue weighted by Crippen LogP contribution is -2.28. The van der Waals surface area contributed by atoms with Crippen LogP contribution < -0.4 is 10.6 Å². The molecule has 0 heterocycles. The number of nitrogens with one attached hydrogen (secondary N) is 2. The van der Waals surface area contributed by atoms with Gasteiger partial charge in [0.2, 0.25) is 0 Å². The maximum atomic E-state index is 13.4. The summed E-state index contributed by atoms with van der Waals surface area (Å²) in [6, 6.07) is 13.7. The van der Waals surface area contributed by atoms with Crippen LogP contribution in [0.15, 0.2) is 48.5 Å². The lowest BCUT2D eigenvalue weighted by molar-refractivity contribution is 0.251. The Morgan fingerprint density at radius 1 is 1.10 bits per heavy atom. The van der Waals surface area contributed by atoms with E-state index in [-0.39, 0.29) is 18.4 Å². The van der Waals surface area contributed by atoms with Crippen molar-refractivity contribution in [3.05, 3.63) is 65.5 Å². The van der Waals surface area contributed by atoms with E-state index in [1.807, 2.05) is 24.3 Å². The molecule has 20 heavy (non-hydrogen) atoms. The number of hydrogen-bond acceptors (Lipinski definition) is 1. The third kappa shape index (κ3) is 3.82. The average Bonchev–Trinajstić information content (AvgIpc) is 2.47. The van der Waals surface area contributed by atoms with E-state index in [0.29, 0.717) is 11.3 Å². The Labute approximate surface area is 117 Å². The molecule has 0 aliphatic carbocycles. The lowest BCUT2D eigenvalue weighted by Gasteiger charge is -2.08. The number of halogens is 1. The van der Waals surface area contributed by atoms with Gasteiger partial charge in [-0.15, -0.1) is 0 Å². The van der Waals surface area contributed by atoms with E-state index >= 15 is 0 Å². The molecule has 2 rings (SSSR count). The van der Waals surface area contributed by atoms with E-state index < -0.39 is 0 Å². The first-order valence-electron chi connectivity index (χ1n) is 6.56. The maximum Gasteiger partial charge on any atom is 0.319 e. The zero-order valence-electron chi connectivity index (χ0n) is 11.3. The summed E-state index contributed by atoms with van der Waals surface area (Å²) in [4.78, 5) is 11.7. The number of rotatable bonds is 4. The van der Waals surface area contributed by atoms with Crippen molar-refractivity contribution < 1.29 is 9.18 Å². The molecule has 4 heteroatoms. The third-order valence-electron chi connectivity index (χ3n) is 3.02. The number of hydrogen-bond donors (Lipinski definition) is 2. The maximum absolute atomic E-state index is 13.4. The highest BCUT2D eigenvalue weighted by molar-refractivity contribution is 5.89. The predicted octanol–water partition coefficient (Wildman–Crippen LogP) is 3.71. The number of aryl methyl sites for hydroxylation is 1. The van der Waals surface area contributed by atoms with Gasteiger partial charge in [-0.1, -0.05) is 37.3 Å². The Morgan fingerprint density at radius 3 is 2.45 bits per heavy atom. The molecular formula is C16H17FN2O. The Balaban J connectivity index is 1.87. The summed E-state index contributed by atoms with van der Waals surface area (Å²) >= 11 is 0. The summed E-state index contributed by atoms with van der Waals surface area (Å²) in [7, 11) is 0. The van der Waals surface area contributed by atoms with Gasteiger partial charge in [-0.05, 0) is 30.2 Å². The predicted molar refractivity (Wildman–Crippen MR) is 78.1 cm³/mol. The smallest absolute Gasteiger partial charge is 0.319 e. The summed E-state index contributed by atoms with van der Waals surface area (Å²) in [5, 5.41) is 5.34. The van der Waals surface area contributed by atoms with Crippen LogP contribution in [0.1, 0.15) is 18.1 Å². The van der Waals surface area contributed by atoms with E-state index in [2.05, 4.69) is 17.6 Å². The molecule has 0 aromatic heterocycles. The molecule has 0 saturated heterocycles. The fourth-order valence-electron chi connectivity index (χ4n) is 1.82. The van der Waals surface area contributed by atoms with Crippen molar-refractivity contribution in [3.8, 4) is 0 Å². The summed E-state index contributed by atoms with van der Waals surface area (Å²) in [5.74, 6) is -0.319. The molecule has 0 aliphatic rings. The number of benzene rings is 2. The van der Waals surface area contributed by atoms with Crippen LogP contribution in [0.25, 0.3) is 0 Å². The van der Waals surface area contributed by atoms with E-state index in [4.69, 9.17) is 0 Å². The lowest BCUT2D eigenvalue weighted by atomic mass is 10.1. The first-order valence-corrected chi connectivity index (χ1v) is 6.56. The molecule has 2 N–H and O–H groups in total. The van der Waals surface area contributed by atoms with Crippen molar-refractivity contribution in [1.82, 2.24) is 5.32 Å². The van der Waals surface area contributed by atoms with Crippen molar-refractivity contribution in [2.75, 3.05) is 5.32 Å². The molecule has 3 nitrogen and oxygen atoms in total. The van der Waals surface area contributed by atoms with Gasteiger partial charge in [0.25, 0.3) is 0 Å². The van der Waals surface area contributed by atoms with Crippen LogP contribution >= 0.6 is 0 Å². The minimum Gasteiger partial charge on any atom is -0.334 e. The normalized spacial score (nSPS) is 10.1. The van der Waals surface area contributed by atoms with Crippen LogP contribution in [-0.4, -0.2) is 6.03 Å². The van der Waals surface area contributed by atoms with Crippen molar-refractivity contribution >= 4 is 11.7 Å². The molecular weight excluding hydrogens is 255 g/mol. The summed E-state index contributed by atoms with van der Waals surface area (Å²) in [6.07, 6.45) is 0.958. The Hall–Kier alpha value is -2.36. The van der Waals surface area contributed by atoms with Crippen molar-refractivity contribution in [1.29, 1.82) is 0 Å². The van der Waals surface area contributed by atoms with Crippen molar-refractivity contribution in [2.24, 2.45) is 0 Å². The molecule has 2 aromatic rings. The molecule has 0 fully saturated rings. The second-order valence-corrected chi connectivity index (χ2v) is 4.45. The van der Waals surface area contributed by atoms with E-state index in [0.717, 1.165) is 6.42 Å². The van der Waals surface area contributed by atoms with Gasteiger partial charge in [0.05, 0.1) is 0 Å². The first kappa shape index (κ1) is 14.1. The first-order chi connectivity index (χ1) is 9.69. The average molecular weight is 272 g/mol. The third-order valence-corrected chi connectivity index (χ3v) is 3.02. The van der Waals surface area contributed by atoms with Gasteiger partial charge in [0.15, 0.2) is 0 Å². The number of amides is 2. The van der Waals surface area contributed by atoms with Crippen LogP contribution in [0, 0.1) is 5.82 Å². The van der Waals surface area contributed by atoms with Crippen LogP contribution in [0.4, 0.5) is 14.9 Å². The number of carbonyl (C=O) groups excluding carboxylic acids is 1. The highest BCUT2D eigenvalue weighted by Gasteiger charge is 2.04. The number of urea groups is 1. The molecule has 0 unspecified atom stereocenters. The highest BCUT2D eigenvalue weighted by atomic mass is 19.1. The van der Waals surface area contributed by atoms with Gasteiger partial charge >= 0.3 is 6.03 Å². The van der Waals surface area contributed by atoms with Gasteiger partial charge in [0.1, 0.15) is 5.82 Å². The molecule has 0 saturated carbocycles. The molecule has 0 aliphatic heterocycles. The minimum atomic E-state index is -0.350. The molecule has 0 bridgehead atoms. The molecule has 0 radical (unpaired) electrons. The van der Waals surface area contributed by atoms with E-state index in [9.17, 15) is 9.18 Å². The minimum absolute atomic E-state index is 0.158. The summed E-state index contributed by atoms with van der Waals surface area (Å²) in [5.41, 5.74) is 2.39. The molecule has 0 spiro atoms. The molecule has 0 atom stereocenters. The molecule has 104 valence electrons. The summed E-state index contributed by atoms with van der Waals surface area (Å²) in [6.45, 7) is 2.23. The standard InChI is InChI=1S/C16H17FN2O/c1-2-12-7-9-14(10-8-12)19-16(20)18-11-13-5-3-4-6-15(13)17/h3-10H,2,11H2,1H3,(H2,18,19,20). The largest absolute Gasteiger partial charge is 0.334 e. The van der Waals surface area contributed by atoms with Gasteiger partial charge in [0, 0.05) is 17.8 Å². The van der Waals surface area contributed by atoms with Crippen LogP contribution in [0.5, 0.6) is 0 Å². The second kappa shape index (κ2) is 6.70. The van der Waals surface area contributed by atoms with Crippen LogP contribution in [-0.2, 0) is 13.0 Å². The van der Waals surface area contributed by atoms with E-state index in [1.54, 1.807) is 18.2 Å². The SMILES string of the molecule is CCc1ccc(NC(=O)NCc2ccccc2F)cc1. The fourth-order valence-corrected chi connectivity index (χ4v) is 1.82. The quantitative estimate of drug-likeness (QED) is 0.875. The zero-order valence-corrected chi connectivity index (χ0v) is 11.3. The topological polar surface area (TPSA) is 41.1 Å². The zero-order chi connectivity index (χ0) is 14.4. The Morgan fingerprint density at radius 2 is 1.80 bits per heavy atom. The van der Waals surface area contributed by atoms with Gasteiger partial charge in [-0.3, -0.25) is 0 Å². The molecule has 2 aromatic carbocycles. The van der Waals surface area contributed by atoms with Gasteiger partial charge in [-0.25, -0.2) is 9.18 Å².